The number of carbonyl (C=O) groups is 1. The van der Waals surface area contributed by atoms with E-state index in [1.807, 2.05) is 48.9 Å². The van der Waals surface area contributed by atoms with Gasteiger partial charge in [0.05, 0.1) is 12.7 Å². The number of benzene rings is 2. The summed E-state index contributed by atoms with van der Waals surface area (Å²) in [6.45, 7) is 0. The number of anilines is 1. The van der Waals surface area contributed by atoms with Crippen LogP contribution in [0.2, 0.25) is 0 Å². The molecule has 0 unspecified atom stereocenters. The minimum Gasteiger partial charge on any atom is -0.496 e. The van der Waals surface area contributed by atoms with Crippen molar-refractivity contribution in [2.75, 3.05) is 24.9 Å². The molecule has 3 nitrogen and oxygen atoms in total. The second kappa shape index (κ2) is 7.43. The number of ether oxygens (including phenoxy) is 1. The van der Waals surface area contributed by atoms with Gasteiger partial charge in [0.2, 0.25) is 0 Å². The molecule has 0 aliphatic heterocycles. The summed E-state index contributed by atoms with van der Waals surface area (Å²) in [5.41, 5.74) is 1.30. The topological polar surface area (TPSA) is 38.3 Å². The Morgan fingerprint density at radius 1 is 1.00 bits per heavy atom. The van der Waals surface area contributed by atoms with Crippen LogP contribution in [0.25, 0.3) is 0 Å². The van der Waals surface area contributed by atoms with Crippen LogP contribution in [0.3, 0.4) is 0 Å². The first-order valence-corrected chi connectivity index (χ1v) is 8.80. The molecule has 1 N–H and O–H groups in total. The van der Waals surface area contributed by atoms with Gasteiger partial charge in [-0.05, 0) is 55.0 Å². The number of carbonyl (C=O) groups excluding carboxylic acids is 1. The molecule has 0 saturated carbocycles. The summed E-state index contributed by atoms with van der Waals surface area (Å²) in [6.07, 6.45) is 4.01. The molecule has 0 aromatic heterocycles. The second-order valence-electron chi connectivity index (χ2n) is 4.25. The third kappa shape index (κ3) is 3.95. The Labute approximate surface area is 133 Å². The van der Waals surface area contributed by atoms with Gasteiger partial charge in [0.25, 0.3) is 5.91 Å². The predicted octanol–water partition coefficient (Wildman–Crippen LogP) is 4.39. The number of thioether (sulfide) groups is 2. The van der Waals surface area contributed by atoms with Gasteiger partial charge in [0.15, 0.2) is 0 Å². The van der Waals surface area contributed by atoms with Crippen LogP contribution < -0.4 is 10.1 Å². The highest BCUT2D eigenvalue weighted by atomic mass is 32.2. The van der Waals surface area contributed by atoms with Crippen molar-refractivity contribution in [1.82, 2.24) is 0 Å². The number of methoxy groups -OCH3 is 1. The molecular formula is C16H17NO2S2. The van der Waals surface area contributed by atoms with Gasteiger partial charge in [0, 0.05) is 15.5 Å². The van der Waals surface area contributed by atoms with Crippen LogP contribution in [0, 0.1) is 0 Å². The third-order valence-electron chi connectivity index (χ3n) is 3.00. The Hall–Kier alpha value is -1.59. The highest BCUT2D eigenvalue weighted by Crippen LogP contribution is 2.26. The van der Waals surface area contributed by atoms with Crippen LogP contribution >= 0.6 is 23.5 Å². The smallest absolute Gasteiger partial charge is 0.259 e. The number of nitrogens with one attached hydrogen (secondary N) is 1. The van der Waals surface area contributed by atoms with Crippen molar-refractivity contribution in [1.29, 1.82) is 0 Å². The molecule has 0 bridgehead atoms. The molecule has 0 heterocycles. The highest BCUT2D eigenvalue weighted by Gasteiger charge is 2.13. The molecule has 0 saturated heterocycles. The van der Waals surface area contributed by atoms with E-state index in [-0.39, 0.29) is 5.91 Å². The zero-order valence-corrected chi connectivity index (χ0v) is 13.8. The molecule has 0 fully saturated rings. The molecule has 0 atom stereocenters. The monoisotopic (exact) mass is 319 g/mol. The molecule has 2 rings (SSSR count). The molecule has 2 aromatic rings. The maximum absolute atomic E-state index is 12.3. The zero-order valence-electron chi connectivity index (χ0n) is 12.2. The van der Waals surface area contributed by atoms with Gasteiger partial charge in [-0.2, -0.15) is 0 Å². The lowest BCUT2D eigenvalue weighted by atomic mass is 10.2. The fourth-order valence-electron chi connectivity index (χ4n) is 1.86. The van der Waals surface area contributed by atoms with Crippen molar-refractivity contribution in [3.8, 4) is 5.75 Å². The van der Waals surface area contributed by atoms with Crippen LogP contribution in [-0.4, -0.2) is 25.5 Å². The quantitative estimate of drug-likeness (QED) is 0.830. The summed E-state index contributed by atoms with van der Waals surface area (Å²) in [4.78, 5) is 14.6. The van der Waals surface area contributed by atoms with Crippen LogP contribution in [-0.2, 0) is 0 Å². The number of hydrogen-bond donors (Lipinski definition) is 1. The summed E-state index contributed by atoms with van der Waals surface area (Å²) >= 11 is 3.28. The van der Waals surface area contributed by atoms with Gasteiger partial charge >= 0.3 is 0 Å². The van der Waals surface area contributed by atoms with Gasteiger partial charge in [0.1, 0.15) is 5.75 Å². The first-order chi connectivity index (χ1) is 10.2. The van der Waals surface area contributed by atoms with Crippen LogP contribution in [0.5, 0.6) is 5.75 Å². The van der Waals surface area contributed by atoms with E-state index in [0.29, 0.717) is 11.3 Å². The Kier molecular flexibility index (Phi) is 5.59. The number of rotatable bonds is 5. The van der Waals surface area contributed by atoms with E-state index < -0.39 is 0 Å². The van der Waals surface area contributed by atoms with Crippen molar-refractivity contribution >= 4 is 35.1 Å². The van der Waals surface area contributed by atoms with E-state index in [9.17, 15) is 4.79 Å². The second-order valence-corrected chi connectivity index (χ2v) is 6.01. The normalized spacial score (nSPS) is 10.2. The maximum atomic E-state index is 12.3. The zero-order chi connectivity index (χ0) is 15.2. The fourth-order valence-corrected chi connectivity index (χ4v) is 2.70. The van der Waals surface area contributed by atoms with Crippen LogP contribution in [0.15, 0.2) is 52.3 Å². The molecule has 2 aromatic carbocycles. The minimum absolute atomic E-state index is 0.170. The average Bonchev–Trinajstić information content (AvgIpc) is 2.54. The predicted molar refractivity (Wildman–Crippen MR) is 91.0 cm³/mol. The summed E-state index contributed by atoms with van der Waals surface area (Å²) in [5, 5.41) is 2.89. The van der Waals surface area contributed by atoms with E-state index in [2.05, 4.69) is 5.32 Å². The van der Waals surface area contributed by atoms with E-state index in [1.54, 1.807) is 36.7 Å². The van der Waals surface area contributed by atoms with Crippen molar-refractivity contribution in [3.05, 3.63) is 48.0 Å². The SMILES string of the molecule is COc1cc(SC)ccc1C(=O)Nc1ccc(SC)cc1. The Balaban J connectivity index is 2.19. The molecule has 1 amide bonds. The van der Waals surface area contributed by atoms with E-state index in [4.69, 9.17) is 4.74 Å². The van der Waals surface area contributed by atoms with Crippen molar-refractivity contribution < 1.29 is 9.53 Å². The van der Waals surface area contributed by atoms with Crippen LogP contribution in [0.1, 0.15) is 10.4 Å². The molecule has 0 aliphatic carbocycles. The molecule has 5 heteroatoms. The van der Waals surface area contributed by atoms with Crippen molar-refractivity contribution in [2.24, 2.45) is 0 Å². The summed E-state index contributed by atoms with van der Waals surface area (Å²) in [5.74, 6) is 0.413. The summed E-state index contributed by atoms with van der Waals surface area (Å²) in [7, 11) is 1.57. The van der Waals surface area contributed by atoms with Gasteiger partial charge in [-0.1, -0.05) is 0 Å². The van der Waals surface area contributed by atoms with Gasteiger partial charge in [-0.15, -0.1) is 23.5 Å². The lowest BCUT2D eigenvalue weighted by Gasteiger charge is -2.10. The van der Waals surface area contributed by atoms with Crippen molar-refractivity contribution in [3.63, 3.8) is 0 Å². The van der Waals surface area contributed by atoms with Gasteiger partial charge in [-0.3, -0.25) is 4.79 Å². The maximum Gasteiger partial charge on any atom is 0.259 e. The molecule has 110 valence electrons. The largest absolute Gasteiger partial charge is 0.496 e. The first kappa shape index (κ1) is 15.8. The highest BCUT2D eigenvalue weighted by molar-refractivity contribution is 7.98. The third-order valence-corrected chi connectivity index (χ3v) is 4.47. The molecule has 0 radical (unpaired) electrons. The minimum atomic E-state index is -0.170. The molecule has 0 spiro atoms. The van der Waals surface area contributed by atoms with E-state index in [1.165, 1.54) is 0 Å². The number of hydrogen-bond acceptors (Lipinski definition) is 4. The van der Waals surface area contributed by atoms with E-state index >= 15 is 0 Å². The molecule has 0 aliphatic rings. The molecular weight excluding hydrogens is 302 g/mol. The van der Waals surface area contributed by atoms with E-state index in [0.717, 1.165) is 15.5 Å². The Morgan fingerprint density at radius 2 is 1.62 bits per heavy atom. The van der Waals surface area contributed by atoms with Gasteiger partial charge < -0.3 is 10.1 Å². The van der Waals surface area contributed by atoms with Crippen molar-refractivity contribution in [2.45, 2.75) is 9.79 Å². The first-order valence-electron chi connectivity index (χ1n) is 6.35. The Morgan fingerprint density at radius 3 is 2.19 bits per heavy atom. The lowest BCUT2D eigenvalue weighted by molar-refractivity contribution is 0.102. The standard InChI is InChI=1S/C16H17NO2S2/c1-19-15-10-13(21-3)8-9-14(15)16(18)17-11-4-6-12(20-2)7-5-11/h4-10H,1-3H3,(H,17,18). The Bertz CT molecular complexity index is 627. The summed E-state index contributed by atoms with van der Waals surface area (Å²) < 4.78 is 5.31. The summed E-state index contributed by atoms with van der Waals surface area (Å²) in [6, 6.07) is 13.3. The lowest BCUT2D eigenvalue weighted by Crippen LogP contribution is -2.13. The van der Waals surface area contributed by atoms with Crippen LogP contribution in [0.4, 0.5) is 5.69 Å². The molecule has 21 heavy (non-hydrogen) atoms. The number of amides is 1. The fraction of sp³-hybridized carbons (Fsp3) is 0.188. The van der Waals surface area contributed by atoms with Gasteiger partial charge in [-0.25, -0.2) is 0 Å². The average molecular weight is 319 g/mol.